The zero-order valence-corrected chi connectivity index (χ0v) is 24.2. The van der Waals surface area contributed by atoms with E-state index in [0.717, 1.165) is 18.4 Å². The number of carbonyl (C=O) groups is 2. The molecule has 0 aromatic heterocycles. The molecule has 2 aliphatic rings. The lowest BCUT2D eigenvalue weighted by Crippen LogP contribution is -2.45. The van der Waals surface area contributed by atoms with Gasteiger partial charge in [0.1, 0.15) is 5.82 Å². The molecule has 4 rings (SSSR count). The number of morpholine rings is 1. The molecule has 2 aromatic carbocycles. The number of benzene rings is 2. The lowest BCUT2D eigenvalue weighted by atomic mass is 10.1. The van der Waals surface area contributed by atoms with E-state index in [9.17, 15) is 14.0 Å². The molecular formula is C31H48FN3O3. The fourth-order valence-electron chi connectivity index (χ4n) is 3.95. The number of carbonyl (C=O) groups excluding carboxylic acids is 2. The number of nitrogens with one attached hydrogen (secondary N) is 2. The first-order valence-electron chi connectivity index (χ1n) is 14.0. The molecule has 2 fully saturated rings. The number of aryl methyl sites for hydroxylation is 1. The number of nitrogens with zero attached hydrogens (tertiary/aromatic N) is 1. The van der Waals surface area contributed by atoms with Gasteiger partial charge in [-0.15, -0.1) is 0 Å². The highest BCUT2D eigenvalue weighted by Gasteiger charge is 2.36. The Morgan fingerprint density at radius 1 is 1.00 bits per heavy atom. The summed E-state index contributed by atoms with van der Waals surface area (Å²) in [6.07, 6.45) is 3.99. The van der Waals surface area contributed by atoms with Gasteiger partial charge in [-0.2, -0.15) is 0 Å². The lowest BCUT2D eigenvalue weighted by molar-refractivity contribution is -0.134. The van der Waals surface area contributed by atoms with E-state index in [2.05, 4.69) is 55.7 Å². The van der Waals surface area contributed by atoms with Gasteiger partial charge < -0.3 is 20.3 Å². The number of ether oxygens (including phenoxy) is 1. The molecule has 212 valence electrons. The number of hydrogen-bond donors (Lipinski definition) is 2. The standard InChI is InChI=1S/C13H15FN2O3.C12H16.C4H11N.C2H6/c14-11-3-1-10(2-4-11)13(18)15-9-12(17)16-5-7-19-8-6-16;1-3-10-8-12(10)11-6-4-9(2)5-7-11;1-3-4-5-2;1-2/h1-4H,5-9H2,(H,15,18);4-7,10,12H,3,8H2,1-2H3;5H,3-4H2,1-2H3;1-2H3. The normalized spacial score (nSPS) is 17.4. The van der Waals surface area contributed by atoms with Gasteiger partial charge in [-0.05, 0) is 75.0 Å². The SMILES string of the molecule is CC.CCC1CC1c1ccc(C)cc1.CCCNC.O=C(NCC(=O)N1CCOCC1)c1ccc(F)cc1. The highest BCUT2D eigenvalue weighted by Crippen LogP contribution is 2.49. The predicted octanol–water partition coefficient (Wildman–Crippen LogP) is 5.56. The number of halogens is 1. The Morgan fingerprint density at radius 2 is 1.61 bits per heavy atom. The molecule has 1 saturated carbocycles. The van der Waals surface area contributed by atoms with E-state index in [0.29, 0.717) is 31.9 Å². The molecule has 7 heteroatoms. The van der Waals surface area contributed by atoms with Gasteiger partial charge >= 0.3 is 0 Å². The summed E-state index contributed by atoms with van der Waals surface area (Å²) in [4.78, 5) is 25.1. The predicted molar refractivity (Wildman–Crippen MR) is 154 cm³/mol. The van der Waals surface area contributed by atoms with Crippen LogP contribution in [-0.4, -0.2) is 63.2 Å². The van der Waals surface area contributed by atoms with Gasteiger partial charge in [-0.25, -0.2) is 4.39 Å². The molecule has 6 nitrogen and oxygen atoms in total. The fraction of sp³-hybridized carbons (Fsp3) is 0.548. The molecule has 1 aliphatic carbocycles. The third kappa shape index (κ3) is 12.7. The highest BCUT2D eigenvalue weighted by molar-refractivity contribution is 5.96. The van der Waals surface area contributed by atoms with E-state index in [4.69, 9.17) is 4.74 Å². The Hall–Kier alpha value is -2.77. The molecule has 2 atom stereocenters. The Morgan fingerprint density at radius 3 is 2.08 bits per heavy atom. The fourth-order valence-corrected chi connectivity index (χ4v) is 3.95. The highest BCUT2D eigenvalue weighted by atomic mass is 19.1. The van der Waals surface area contributed by atoms with Crippen molar-refractivity contribution in [1.29, 1.82) is 0 Å². The zero-order chi connectivity index (χ0) is 28.3. The van der Waals surface area contributed by atoms with Crippen LogP contribution in [0.2, 0.25) is 0 Å². The smallest absolute Gasteiger partial charge is 0.251 e. The first kappa shape index (κ1) is 33.3. The van der Waals surface area contributed by atoms with E-state index < -0.39 is 5.82 Å². The summed E-state index contributed by atoms with van der Waals surface area (Å²) < 4.78 is 17.8. The summed E-state index contributed by atoms with van der Waals surface area (Å²) >= 11 is 0. The van der Waals surface area contributed by atoms with Crippen LogP contribution in [0.25, 0.3) is 0 Å². The van der Waals surface area contributed by atoms with E-state index in [1.54, 1.807) is 10.5 Å². The largest absolute Gasteiger partial charge is 0.378 e. The second kappa shape index (κ2) is 19.3. The van der Waals surface area contributed by atoms with Crippen LogP contribution in [0.1, 0.15) is 74.4 Å². The van der Waals surface area contributed by atoms with E-state index in [1.807, 2.05) is 20.9 Å². The minimum absolute atomic E-state index is 0.0593. The Labute approximate surface area is 229 Å². The van der Waals surface area contributed by atoms with Gasteiger partial charge in [-0.1, -0.05) is 63.9 Å². The van der Waals surface area contributed by atoms with Gasteiger partial charge in [0.15, 0.2) is 0 Å². The van der Waals surface area contributed by atoms with Crippen LogP contribution in [0.3, 0.4) is 0 Å². The van der Waals surface area contributed by atoms with Crippen LogP contribution in [0.15, 0.2) is 48.5 Å². The van der Waals surface area contributed by atoms with E-state index >= 15 is 0 Å². The van der Waals surface area contributed by atoms with Gasteiger partial charge in [-0.3, -0.25) is 9.59 Å². The van der Waals surface area contributed by atoms with Crippen molar-refractivity contribution in [2.75, 3.05) is 46.4 Å². The average Bonchev–Trinajstić information content (AvgIpc) is 3.75. The Bertz CT molecular complexity index is 911. The Kier molecular flexibility index (Phi) is 16.9. The van der Waals surface area contributed by atoms with Crippen molar-refractivity contribution in [3.63, 3.8) is 0 Å². The van der Waals surface area contributed by atoms with Crippen LogP contribution in [0.5, 0.6) is 0 Å². The van der Waals surface area contributed by atoms with Gasteiger partial charge in [0.05, 0.1) is 19.8 Å². The van der Waals surface area contributed by atoms with Crippen LogP contribution >= 0.6 is 0 Å². The summed E-state index contributed by atoms with van der Waals surface area (Å²) in [7, 11) is 1.96. The van der Waals surface area contributed by atoms with Gasteiger partial charge in [0.2, 0.25) is 5.91 Å². The summed E-state index contributed by atoms with van der Waals surface area (Å²) in [5.41, 5.74) is 3.25. The average molecular weight is 530 g/mol. The molecule has 2 aromatic rings. The summed E-state index contributed by atoms with van der Waals surface area (Å²) in [5, 5.41) is 5.54. The number of rotatable bonds is 7. The molecular weight excluding hydrogens is 481 g/mol. The molecule has 0 radical (unpaired) electrons. The van der Waals surface area contributed by atoms with Crippen molar-refractivity contribution in [2.24, 2.45) is 5.92 Å². The van der Waals surface area contributed by atoms with Gasteiger partial charge in [0, 0.05) is 18.7 Å². The second-order valence-electron chi connectivity index (χ2n) is 9.21. The van der Waals surface area contributed by atoms with Crippen molar-refractivity contribution < 1.29 is 18.7 Å². The molecule has 0 spiro atoms. The van der Waals surface area contributed by atoms with E-state index in [1.165, 1.54) is 49.1 Å². The van der Waals surface area contributed by atoms with Crippen molar-refractivity contribution >= 4 is 11.8 Å². The first-order chi connectivity index (χ1) is 18.4. The monoisotopic (exact) mass is 529 g/mol. The topological polar surface area (TPSA) is 70.7 Å². The van der Waals surface area contributed by atoms with Crippen LogP contribution < -0.4 is 10.6 Å². The van der Waals surface area contributed by atoms with E-state index in [-0.39, 0.29) is 18.4 Å². The van der Waals surface area contributed by atoms with Crippen LogP contribution in [0.4, 0.5) is 4.39 Å². The van der Waals surface area contributed by atoms with Crippen molar-refractivity contribution in [2.45, 2.75) is 59.8 Å². The third-order valence-electron chi connectivity index (χ3n) is 6.32. The number of hydrogen-bond acceptors (Lipinski definition) is 4. The summed E-state index contributed by atoms with van der Waals surface area (Å²) in [6.45, 7) is 13.8. The minimum Gasteiger partial charge on any atom is -0.378 e. The molecule has 1 heterocycles. The van der Waals surface area contributed by atoms with Crippen molar-refractivity contribution in [3.8, 4) is 0 Å². The molecule has 1 saturated heterocycles. The summed E-state index contributed by atoms with van der Waals surface area (Å²) in [6, 6.07) is 14.2. The molecule has 0 bridgehead atoms. The van der Waals surface area contributed by atoms with Crippen molar-refractivity contribution in [1.82, 2.24) is 15.5 Å². The van der Waals surface area contributed by atoms with Gasteiger partial charge in [0.25, 0.3) is 5.91 Å². The minimum atomic E-state index is -0.402. The van der Waals surface area contributed by atoms with Crippen LogP contribution in [-0.2, 0) is 9.53 Å². The third-order valence-corrected chi connectivity index (χ3v) is 6.32. The molecule has 2 amide bonds. The maximum atomic E-state index is 12.7. The first-order valence-corrected chi connectivity index (χ1v) is 14.0. The molecule has 38 heavy (non-hydrogen) atoms. The lowest BCUT2D eigenvalue weighted by Gasteiger charge is -2.26. The maximum Gasteiger partial charge on any atom is 0.251 e. The Balaban J connectivity index is 0.000000323. The molecule has 2 N–H and O–H groups in total. The molecule has 1 aliphatic heterocycles. The zero-order valence-electron chi connectivity index (χ0n) is 24.2. The maximum absolute atomic E-state index is 12.7. The second-order valence-corrected chi connectivity index (χ2v) is 9.21. The number of amides is 2. The quantitative estimate of drug-likeness (QED) is 0.492. The molecule has 2 unspecified atom stereocenters. The van der Waals surface area contributed by atoms with Crippen LogP contribution in [0, 0.1) is 18.7 Å². The summed E-state index contributed by atoms with van der Waals surface area (Å²) in [5.74, 6) is 0.935. The van der Waals surface area contributed by atoms with Crippen molar-refractivity contribution in [3.05, 3.63) is 71.0 Å².